The molecule has 0 spiro atoms. The number of aromatic nitrogens is 2. The molecule has 1 aromatic heterocycles. The van der Waals surface area contributed by atoms with Gasteiger partial charge in [0, 0.05) is 6.04 Å². The normalized spacial score (nSPS) is 31.4. The van der Waals surface area contributed by atoms with E-state index in [0.717, 1.165) is 30.0 Å². The molecule has 3 aliphatic rings. The van der Waals surface area contributed by atoms with Crippen LogP contribution in [0.4, 0.5) is 11.5 Å². The molecule has 2 fully saturated rings. The molecule has 4 rings (SSSR count). The van der Waals surface area contributed by atoms with Crippen LogP contribution in [0.2, 0.25) is 5.28 Å². The molecule has 106 valence electrons. The Morgan fingerprint density at radius 2 is 2.10 bits per heavy atom. The van der Waals surface area contributed by atoms with E-state index in [0.29, 0.717) is 12.0 Å². The quantitative estimate of drug-likeness (QED) is 0.747. The number of nitrogens with zero attached hydrogens (tertiary/aromatic N) is 3. The molecule has 1 aromatic rings. The molecule has 1 amide bonds. The maximum absolute atomic E-state index is 12.4. The third-order valence-corrected chi connectivity index (χ3v) is 5.10. The molecule has 3 unspecified atom stereocenters. The van der Waals surface area contributed by atoms with Crippen molar-refractivity contribution >= 4 is 29.0 Å². The Kier molecular flexibility index (Phi) is 2.67. The van der Waals surface area contributed by atoms with E-state index in [1.165, 1.54) is 19.3 Å². The molecule has 0 radical (unpaired) electrons. The Morgan fingerprint density at radius 1 is 1.30 bits per heavy atom. The van der Waals surface area contributed by atoms with Gasteiger partial charge in [0.2, 0.25) is 11.2 Å². The second kappa shape index (κ2) is 4.32. The monoisotopic (exact) mass is 292 g/mol. The smallest absolute Gasteiger partial charge is 0.247 e. The maximum atomic E-state index is 12.4. The number of fused-ring (bicyclic) bond motifs is 5. The van der Waals surface area contributed by atoms with Crippen LogP contribution in [-0.2, 0) is 4.79 Å². The summed E-state index contributed by atoms with van der Waals surface area (Å²) in [7, 11) is 0. The van der Waals surface area contributed by atoms with Gasteiger partial charge in [-0.05, 0) is 43.7 Å². The first-order chi connectivity index (χ1) is 9.65. The lowest BCUT2D eigenvalue weighted by atomic mass is 9.85. The number of carbonyl (C=O) groups excluding carboxylic acids is 1. The summed E-state index contributed by atoms with van der Waals surface area (Å²) in [5.74, 6) is 1.52. The maximum Gasteiger partial charge on any atom is 0.247 e. The average Bonchev–Trinajstić information content (AvgIpc) is 2.81. The second-order valence-corrected chi connectivity index (χ2v) is 6.37. The predicted molar refractivity (Wildman–Crippen MR) is 77.0 cm³/mol. The molecule has 3 heterocycles. The summed E-state index contributed by atoms with van der Waals surface area (Å²) in [5.41, 5.74) is 1.48. The van der Waals surface area contributed by atoms with Crippen LogP contribution in [0, 0.1) is 12.8 Å². The van der Waals surface area contributed by atoms with Crippen LogP contribution >= 0.6 is 11.6 Å². The number of hydrogen-bond acceptors (Lipinski definition) is 4. The summed E-state index contributed by atoms with van der Waals surface area (Å²) >= 11 is 6.02. The number of halogens is 1. The molecule has 2 aliphatic heterocycles. The molecule has 1 N–H and O–H groups in total. The molecule has 6 heteroatoms. The van der Waals surface area contributed by atoms with Gasteiger partial charge in [0.15, 0.2) is 5.82 Å². The number of anilines is 2. The van der Waals surface area contributed by atoms with Gasteiger partial charge < -0.3 is 10.2 Å². The topological polar surface area (TPSA) is 58.1 Å². The van der Waals surface area contributed by atoms with E-state index in [1.54, 1.807) is 0 Å². The van der Waals surface area contributed by atoms with E-state index < -0.39 is 0 Å². The van der Waals surface area contributed by atoms with Crippen molar-refractivity contribution in [2.24, 2.45) is 5.92 Å². The first kappa shape index (κ1) is 12.4. The molecule has 1 saturated carbocycles. The zero-order chi connectivity index (χ0) is 13.9. The molecular weight excluding hydrogens is 276 g/mol. The zero-order valence-electron chi connectivity index (χ0n) is 11.4. The summed E-state index contributed by atoms with van der Waals surface area (Å²) < 4.78 is 0. The molecule has 20 heavy (non-hydrogen) atoms. The van der Waals surface area contributed by atoms with E-state index in [9.17, 15) is 4.79 Å². The van der Waals surface area contributed by atoms with Gasteiger partial charge in [-0.15, -0.1) is 0 Å². The zero-order valence-corrected chi connectivity index (χ0v) is 12.2. The van der Waals surface area contributed by atoms with E-state index in [4.69, 9.17) is 11.6 Å². The van der Waals surface area contributed by atoms with Crippen molar-refractivity contribution in [1.29, 1.82) is 0 Å². The fraction of sp³-hybridized carbons (Fsp3) is 0.643. The fourth-order valence-corrected chi connectivity index (χ4v) is 4.27. The Balaban J connectivity index is 1.85. The van der Waals surface area contributed by atoms with Crippen molar-refractivity contribution in [3.63, 3.8) is 0 Å². The standard InChI is InChI=1S/C14H17ClN4O/c1-7-11-12(18-14(15)16-7)19-9-5-3-2-4-8(9)6-10(19)13(20)17-11/h8-10H,2-6H2,1H3,(H,17,20). The third kappa shape index (κ3) is 1.65. The Bertz CT molecular complexity index is 591. The number of carbonyl (C=O) groups is 1. The number of aryl methyl sites for hydroxylation is 1. The highest BCUT2D eigenvalue weighted by molar-refractivity contribution is 6.28. The van der Waals surface area contributed by atoms with Crippen molar-refractivity contribution in [3.8, 4) is 0 Å². The number of nitrogens with one attached hydrogen (secondary N) is 1. The summed E-state index contributed by atoms with van der Waals surface area (Å²) in [4.78, 5) is 23.2. The Labute approximate surface area is 122 Å². The lowest BCUT2D eigenvalue weighted by molar-refractivity contribution is -0.117. The van der Waals surface area contributed by atoms with Gasteiger partial charge >= 0.3 is 0 Å². The molecule has 5 nitrogen and oxygen atoms in total. The SMILES string of the molecule is Cc1nc(Cl)nc2c1NC(=O)C1CC3CCCCC3N21. The predicted octanol–water partition coefficient (Wildman–Crippen LogP) is 2.53. The third-order valence-electron chi connectivity index (χ3n) is 4.93. The largest absolute Gasteiger partial charge is 0.339 e. The number of amides is 1. The van der Waals surface area contributed by atoms with Crippen LogP contribution in [0.15, 0.2) is 0 Å². The number of rotatable bonds is 0. The highest BCUT2D eigenvalue weighted by atomic mass is 35.5. The summed E-state index contributed by atoms with van der Waals surface area (Å²) in [5, 5.41) is 3.23. The van der Waals surface area contributed by atoms with Crippen LogP contribution in [0.25, 0.3) is 0 Å². The molecule has 3 atom stereocenters. The minimum Gasteiger partial charge on any atom is -0.339 e. The molecule has 1 saturated heterocycles. The van der Waals surface area contributed by atoms with Gasteiger partial charge in [-0.2, -0.15) is 4.98 Å². The Morgan fingerprint density at radius 3 is 2.95 bits per heavy atom. The summed E-state index contributed by atoms with van der Waals surface area (Å²) in [6.45, 7) is 1.86. The van der Waals surface area contributed by atoms with Gasteiger partial charge in [-0.3, -0.25) is 4.79 Å². The van der Waals surface area contributed by atoms with E-state index >= 15 is 0 Å². The van der Waals surface area contributed by atoms with Crippen molar-refractivity contribution in [2.45, 2.75) is 51.1 Å². The van der Waals surface area contributed by atoms with Gasteiger partial charge in [-0.25, -0.2) is 4.98 Å². The molecule has 1 aliphatic carbocycles. The van der Waals surface area contributed by atoms with Crippen LogP contribution in [0.5, 0.6) is 0 Å². The number of hydrogen-bond donors (Lipinski definition) is 1. The van der Waals surface area contributed by atoms with Gasteiger partial charge in [0.1, 0.15) is 11.7 Å². The minimum atomic E-state index is -0.0824. The van der Waals surface area contributed by atoms with Crippen molar-refractivity contribution in [3.05, 3.63) is 11.0 Å². The Hall–Kier alpha value is -1.36. The average molecular weight is 293 g/mol. The lowest BCUT2D eigenvalue weighted by Crippen LogP contribution is -2.48. The van der Waals surface area contributed by atoms with Gasteiger partial charge in [0.05, 0.1) is 5.69 Å². The fourth-order valence-electron chi connectivity index (χ4n) is 4.06. The second-order valence-electron chi connectivity index (χ2n) is 6.04. The summed E-state index contributed by atoms with van der Waals surface area (Å²) in [6, 6.07) is 0.352. The molecule has 0 aromatic carbocycles. The lowest BCUT2D eigenvalue weighted by Gasteiger charge is -2.38. The van der Waals surface area contributed by atoms with Gasteiger partial charge in [0.25, 0.3) is 0 Å². The first-order valence-electron chi connectivity index (χ1n) is 7.28. The van der Waals surface area contributed by atoms with Crippen LogP contribution in [0.1, 0.15) is 37.8 Å². The van der Waals surface area contributed by atoms with E-state index in [-0.39, 0.29) is 17.2 Å². The highest BCUT2D eigenvalue weighted by Crippen LogP contribution is 2.46. The van der Waals surface area contributed by atoms with Crippen molar-refractivity contribution in [1.82, 2.24) is 9.97 Å². The van der Waals surface area contributed by atoms with E-state index in [2.05, 4.69) is 20.2 Å². The summed E-state index contributed by atoms with van der Waals surface area (Å²) in [6.07, 6.45) is 5.82. The highest BCUT2D eigenvalue weighted by Gasteiger charge is 2.49. The van der Waals surface area contributed by atoms with Crippen LogP contribution < -0.4 is 10.2 Å². The molecule has 0 bridgehead atoms. The van der Waals surface area contributed by atoms with E-state index in [1.807, 2.05) is 6.92 Å². The molecular formula is C14H17ClN4O. The van der Waals surface area contributed by atoms with Gasteiger partial charge in [-0.1, -0.05) is 12.8 Å². The van der Waals surface area contributed by atoms with Crippen molar-refractivity contribution in [2.75, 3.05) is 10.2 Å². The first-order valence-corrected chi connectivity index (χ1v) is 7.66. The minimum absolute atomic E-state index is 0.0824. The van der Waals surface area contributed by atoms with Crippen LogP contribution in [-0.4, -0.2) is 28.0 Å². The van der Waals surface area contributed by atoms with Crippen LogP contribution in [0.3, 0.4) is 0 Å². The van der Waals surface area contributed by atoms with Crippen molar-refractivity contribution < 1.29 is 4.79 Å².